The second-order valence-corrected chi connectivity index (χ2v) is 4.23. The molecule has 1 amide bonds. The molecule has 1 aromatic carbocycles. The van der Waals surface area contributed by atoms with Crippen molar-refractivity contribution in [2.45, 2.75) is 32.7 Å². The van der Waals surface area contributed by atoms with E-state index in [9.17, 15) is 4.79 Å². The quantitative estimate of drug-likeness (QED) is 0.876. The maximum absolute atomic E-state index is 11.5. The fourth-order valence-corrected chi connectivity index (χ4v) is 1.83. The minimum Gasteiger partial charge on any atom is -0.459 e. The van der Waals surface area contributed by atoms with Gasteiger partial charge in [-0.05, 0) is 25.5 Å². The van der Waals surface area contributed by atoms with Crippen molar-refractivity contribution in [1.29, 1.82) is 0 Å². The highest BCUT2D eigenvalue weighted by Crippen LogP contribution is 2.23. The smallest absolute Gasteiger partial charge is 0.220 e. The van der Waals surface area contributed by atoms with Gasteiger partial charge in [-0.3, -0.25) is 4.79 Å². The molecule has 2 rings (SSSR count). The van der Waals surface area contributed by atoms with Gasteiger partial charge in [0, 0.05) is 11.8 Å². The van der Waals surface area contributed by atoms with Gasteiger partial charge >= 0.3 is 0 Å². The standard InChI is InChI=1S/C14H17NO2/c1-3-6-14(16)15-10(2)13-9-11-7-4-5-8-12(11)17-13/h4-5,7-10H,3,6H2,1-2H3,(H,15,16). The van der Waals surface area contributed by atoms with Crippen LogP contribution in [-0.2, 0) is 4.79 Å². The van der Waals surface area contributed by atoms with Crippen molar-refractivity contribution in [2.75, 3.05) is 0 Å². The second-order valence-electron chi connectivity index (χ2n) is 4.23. The highest BCUT2D eigenvalue weighted by atomic mass is 16.3. The van der Waals surface area contributed by atoms with E-state index in [4.69, 9.17) is 4.42 Å². The topological polar surface area (TPSA) is 42.2 Å². The first-order chi connectivity index (χ1) is 8.20. The van der Waals surface area contributed by atoms with Gasteiger partial charge in [-0.1, -0.05) is 25.1 Å². The Kier molecular flexibility index (Phi) is 3.47. The van der Waals surface area contributed by atoms with E-state index in [1.807, 2.05) is 44.2 Å². The van der Waals surface area contributed by atoms with E-state index in [0.717, 1.165) is 23.2 Å². The normalized spacial score (nSPS) is 12.6. The largest absolute Gasteiger partial charge is 0.459 e. The molecule has 90 valence electrons. The molecule has 2 aromatic rings. The molecule has 1 heterocycles. The van der Waals surface area contributed by atoms with Crippen LogP contribution in [0.1, 0.15) is 38.5 Å². The lowest BCUT2D eigenvalue weighted by molar-refractivity contribution is -0.121. The minimum absolute atomic E-state index is 0.0699. The van der Waals surface area contributed by atoms with Gasteiger partial charge in [0.1, 0.15) is 11.3 Å². The molecule has 0 radical (unpaired) electrons. The van der Waals surface area contributed by atoms with E-state index in [1.54, 1.807) is 0 Å². The van der Waals surface area contributed by atoms with Gasteiger partial charge in [0.15, 0.2) is 0 Å². The molecule has 3 nitrogen and oxygen atoms in total. The van der Waals surface area contributed by atoms with Crippen molar-refractivity contribution in [3.63, 3.8) is 0 Å². The SMILES string of the molecule is CCCC(=O)NC(C)c1cc2ccccc2o1. The van der Waals surface area contributed by atoms with E-state index in [1.165, 1.54) is 0 Å². The number of carbonyl (C=O) groups excluding carboxylic acids is 1. The molecule has 0 fully saturated rings. The van der Waals surface area contributed by atoms with Gasteiger partial charge < -0.3 is 9.73 Å². The zero-order valence-corrected chi connectivity index (χ0v) is 10.2. The van der Waals surface area contributed by atoms with Crippen LogP contribution in [0.4, 0.5) is 0 Å². The van der Waals surface area contributed by atoms with Crippen LogP contribution in [0.15, 0.2) is 34.7 Å². The average molecular weight is 231 g/mol. The highest BCUT2D eigenvalue weighted by molar-refractivity contribution is 5.79. The third-order valence-corrected chi connectivity index (χ3v) is 2.73. The second kappa shape index (κ2) is 5.04. The Morgan fingerprint density at radius 2 is 2.18 bits per heavy atom. The molecule has 1 aromatic heterocycles. The Bertz CT molecular complexity index is 483. The highest BCUT2D eigenvalue weighted by Gasteiger charge is 2.13. The molecule has 0 saturated carbocycles. The Labute approximate surface area is 101 Å². The fraction of sp³-hybridized carbons (Fsp3) is 0.357. The molecule has 0 aliphatic rings. The third-order valence-electron chi connectivity index (χ3n) is 2.73. The molecule has 17 heavy (non-hydrogen) atoms. The summed E-state index contributed by atoms with van der Waals surface area (Å²) in [7, 11) is 0. The summed E-state index contributed by atoms with van der Waals surface area (Å²) >= 11 is 0. The molecule has 1 N–H and O–H groups in total. The van der Waals surface area contributed by atoms with E-state index >= 15 is 0 Å². The summed E-state index contributed by atoms with van der Waals surface area (Å²) in [6.07, 6.45) is 1.42. The lowest BCUT2D eigenvalue weighted by Crippen LogP contribution is -2.25. The molecule has 0 bridgehead atoms. The van der Waals surface area contributed by atoms with Gasteiger partial charge in [0.2, 0.25) is 5.91 Å². The molecular formula is C14H17NO2. The van der Waals surface area contributed by atoms with Crippen molar-refractivity contribution in [2.24, 2.45) is 0 Å². The molecule has 0 spiro atoms. The summed E-state index contributed by atoms with van der Waals surface area (Å²) in [5.41, 5.74) is 0.860. The maximum atomic E-state index is 11.5. The number of nitrogens with one attached hydrogen (secondary N) is 1. The van der Waals surface area contributed by atoms with E-state index in [2.05, 4.69) is 5.32 Å². The lowest BCUT2D eigenvalue weighted by Gasteiger charge is -2.10. The van der Waals surface area contributed by atoms with Crippen molar-refractivity contribution in [3.05, 3.63) is 36.1 Å². The van der Waals surface area contributed by atoms with Crippen molar-refractivity contribution in [3.8, 4) is 0 Å². The number of furan rings is 1. The molecule has 1 unspecified atom stereocenters. The number of rotatable bonds is 4. The zero-order valence-electron chi connectivity index (χ0n) is 10.2. The maximum Gasteiger partial charge on any atom is 0.220 e. The van der Waals surface area contributed by atoms with Crippen LogP contribution in [-0.4, -0.2) is 5.91 Å². The predicted molar refractivity (Wildman–Crippen MR) is 67.7 cm³/mol. The summed E-state index contributed by atoms with van der Waals surface area (Å²) in [6.45, 7) is 3.93. The first kappa shape index (κ1) is 11.7. The van der Waals surface area contributed by atoms with E-state index in [0.29, 0.717) is 6.42 Å². The van der Waals surface area contributed by atoms with Crippen molar-refractivity contribution in [1.82, 2.24) is 5.32 Å². The monoisotopic (exact) mass is 231 g/mol. The molecule has 0 aliphatic heterocycles. The van der Waals surface area contributed by atoms with Crippen LogP contribution >= 0.6 is 0 Å². The summed E-state index contributed by atoms with van der Waals surface area (Å²) in [5.74, 6) is 0.871. The molecule has 0 saturated heterocycles. The van der Waals surface area contributed by atoms with Crippen molar-refractivity contribution < 1.29 is 9.21 Å². The van der Waals surface area contributed by atoms with Gasteiger partial charge in [-0.25, -0.2) is 0 Å². The average Bonchev–Trinajstić information content (AvgIpc) is 2.72. The van der Waals surface area contributed by atoms with Crippen LogP contribution in [0.25, 0.3) is 11.0 Å². The summed E-state index contributed by atoms with van der Waals surface area (Å²) in [6, 6.07) is 9.74. The predicted octanol–water partition coefficient (Wildman–Crippen LogP) is 3.41. The lowest BCUT2D eigenvalue weighted by atomic mass is 10.2. The summed E-state index contributed by atoms with van der Waals surface area (Å²) in [4.78, 5) is 11.5. The van der Waals surface area contributed by atoms with Gasteiger partial charge in [0.05, 0.1) is 6.04 Å². The van der Waals surface area contributed by atoms with Crippen molar-refractivity contribution >= 4 is 16.9 Å². The summed E-state index contributed by atoms with van der Waals surface area (Å²) in [5, 5.41) is 3.99. The molecular weight excluding hydrogens is 214 g/mol. The molecule has 3 heteroatoms. The number of para-hydroxylation sites is 1. The number of hydrogen-bond acceptors (Lipinski definition) is 2. The number of amides is 1. The van der Waals surface area contributed by atoms with Gasteiger partial charge in [-0.2, -0.15) is 0 Å². The molecule has 0 aliphatic carbocycles. The van der Waals surface area contributed by atoms with Crippen LogP contribution in [0, 0.1) is 0 Å². The minimum atomic E-state index is -0.0820. The zero-order chi connectivity index (χ0) is 12.3. The van der Waals surface area contributed by atoms with Crippen LogP contribution in [0.5, 0.6) is 0 Å². The Balaban J connectivity index is 2.13. The number of benzene rings is 1. The number of hydrogen-bond donors (Lipinski definition) is 1. The Morgan fingerprint density at radius 3 is 2.88 bits per heavy atom. The molecule has 1 atom stereocenters. The number of carbonyl (C=O) groups is 1. The Hall–Kier alpha value is -1.77. The number of fused-ring (bicyclic) bond motifs is 1. The van der Waals surface area contributed by atoms with E-state index in [-0.39, 0.29) is 11.9 Å². The van der Waals surface area contributed by atoms with Crippen LogP contribution < -0.4 is 5.32 Å². The fourth-order valence-electron chi connectivity index (χ4n) is 1.83. The van der Waals surface area contributed by atoms with Gasteiger partial charge in [0.25, 0.3) is 0 Å². The van der Waals surface area contributed by atoms with Crippen LogP contribution in [0.3, 0.4) is 0 Å². The third kappa shape index (κ3) is 2.67. The van der Waals surface area contributed by atoms with Crippen LogP contribution in [0.2, 0.25) is 0 Å². The van der Waals surface area contributed by atoms with E-state index < -0.39 is 0 Å². The summed E-state index contributed by atoms with van der Waals surface area (Å²) < 4.78 is 5.69. The first-order valence-electron chi connectivity index (χ1n) is 5.98. The first-order valence-corrected chi connectivity index (χ1v) is 5.98. The Morgan fingerprint density at radius 1 is 1.41 bits per heavy atom. The van der Waals surface area contributed by atoms with Gasteiger partial charge in [-0.15, -0.1) is 0 Å².